The van der Waals surface area contributed by atoms with Crippen molar-refractivity contribution >= 4 is 11.9 Å². The van der Waals surface area contributed by atoms with Gasteiger partial charge in [-0.05, 0) is 58.3 Å². The summed E-state index contributed by atoms with van der Waals surface area (Å²) in [6.07, 6.45) is 4.50. The van der Waals surface area contributed by atoms with Gasteiger partial charge in [0, 0.05) is 5.92 Å². The molecular weight excluding hydrogens is 270 g/mol. The molecule has 1 saturated carbocycles. The Morgan fingerprint density at radius 1 is 1.29 bits per heavy atom. The van der Waals surface area contributed by atoms with E-state index in [1.807, 2.05) is 7.05 Å². The van der Waals surface area contributed by atoms with E-state index in [4.69, 9.17) is 4.42 Å². The number of hydrogen-bond acceptors (Lipinski definition) is 6. The Labute approximate surface area is 124 Å². The molecule has 1 saturated heterocycles. The Balaban J connectivity index is 1.41. The van der Waals surface area contributed by atoms with Crippen LogP contribution in [-0.4, -0.2) is 54.2 Å². The normalized spacial score (nSPS) is 20.6. The van der Waals surface area contributed by atoms with Gasteiger partial charge >= 0.3 is 6.01 Å². The van der Waals surface area contributed by atoms with Crippen molar-refractivity contribution in [3.8, 4) is 0 Å². The largest absolute Gasteiger partial charge is 0.408 e. The van der Waals surface area contributed by atoms with Gasteiger partial charge in [0.05, 0.1) is 6.54 Å². The fourth-order valence-electron chi connectivity index (χ4n) is 2.78. The van der Waals surface area contributed by atoms with Gasteiger partial charge < -0.3 is 9.73 Å². The molecule has 3 rings (SSSR count). The summed E-state index contributed by atoms with van der Waals surface area (Å²) in [5.41, 5.74) is 0. The van der Waals surface area contributed by atoms with Crippen LogP contribution in [0.15, 0.2) is 4.42 Å². The van der Waals surface area contributed by atoms with Gasteiger partial charge in [0.15, 0.2) is 0 Å². The van der Waals surface area contributed by atoms with Crippen LogP contribution in [0.3, 0.4) is 0 Å². The van der Waals surface area contributed by atoms with Gasteiger partial charge in [-0.3, -0.25) is 15.0 Å². The molecule has 7 nitrogen and oxygen atoms in total. The van der Waals surface area contributed by atoms with Crippen LogP contribution >= 0.6 is 0 Å². The van der Waals surface area contributed by atoms with Crippen molar-refractivity contribution < 1.29 is 9.21 Å². The summed E-state index contributed by atoms with van der Waals surface area (Å²) in [6.45, 7) is 3.40. The van der Waals surface area contributed by atoms with Crippen LogP contribution in [0, 0.1) is 5.92 Å². The number of piperidine rings is 1. The van der Waals surface area contributed by atoms with Crippen molar-refractivity contribution in [1.29, 1.82) is 0 Å². The quantitative estimate of drug-likeness (QED) is 0.808. The van der Waals surface area contributed by atoms with Crippen LogP contribution in [0.1, 0.15) is 37.5 Å². The fraction of sp³-hybridized carbons (Fsp3) is 0.786. The topological polar surface area (TPSA) is 83.3 Å². The summed E-state index contributed by atoms with van der Waals surface area (Å²) in [4.78, 5) is 14.2. The summed E-state index contributed by atoms with van der Waals surface area (Å²) in [7, 11) is 1.99. The second-order valence-corrected chi connectivity index (χ2v) is 6.05. The minimum absolute atomic E-state index is 0.0759. The molecule has 7 heteroatoms. The van der Waals surface area contributed by atoms with Crippen molar-refractivity contribution in [1.82, 2.24) is 20.4 Å². The first kappa shape index (κ1) is 14.5. The monoisotopic (exact) mass is 293 g/mol. The van der Waals surface area contributed by atoms with Crippen LogP contribution < -0.4 is 10.6 Å². The second-order valence-electron chi connectivity index (χ2n) is 6.05. The molecule has 2 heterocycles. The first-order valence-electron chi connectivity index (χ1n) is 7.75. The summed E-state index contributed by atoms with van der Waals surface area (Å²) >= 11 is 0. The van der Waals surface area contributed by atoms with E-state index in [1.165, 1.54) is 0 Å². The predicted octanol–water partition coefficient (Wildman–Crippen LogP) is 0.817. The molecule has 0 bridgehead atoms. The Morgan fingerprint density at radius 3 is 2.71 bits per heavy atom. The predicted molar refractivity (Wildman–Crippen MR) is 78.0 cm³/mol. The third kappa shape index (κ3) is 4.01. The molecule has 2 aliphatic rings. The number of hydrogen-bond donors (Lipinski definition) is 2. The number of aromatic nitrogens is 2. The highest BCUT2D eigenvalue weighted by atomic mass is 16.4. The van der Waals surface area contributed by atoms with E-state index in [2.05, 4.69) is 25.7 Å². The van der Waals surface area contributed by atoms with Crippen molar-refractivity contribution in [3.05, 3.63) is 5.89 Å². The van der Waals surface area contributed by atoms with Crippen LogP contribution in [0.4, 0.5) is 6.01 Å². The van der Waals surface area contributed by atoms with E-state index in [0.717, 1.165) is 51.2 Å². The maximum Gasteiger partial charge on any atom is 0.322 e. The molecule has 0 radical (unpaired) electrons. The number of anilines is 1. The van der Waals surface area contributed by atoms with Gasteiger partial charge in [0.2, 0.25) is 11.8 Å². The molecule has 116 valence electrons. The lowest BCUT2D eigenvalue weighted by molar-refractivity contribution is -0.117. The minimum Gasteiger partial charge on any atom is -0.408 e. The molecule has 21 heavy (non-hydrogen) atoms. The van der Waals surface area contributed by atoms with E-state index in [9.17, 15) is 4.79 Å². The maximum atomic E-state index is 12.0. The Hall–Kier alpha value is -1.47. The highest BCUT2D eigenvalue weighted by molar-refractivity contribution is 5.90. The Kier molecular flexibility index (Phi) is 4.50. The molecule has 1 aliphatic carbocycles. The molecule has 0 aromatic carbocycles. The SMILES string of the molecule is CNCC1CCN(CC(=O)Nc2nnc(C3CC3)o2)CC1. The lowest BCUT2D eigenvalue weighted by Crippen LogP contribution is -2.40. The fourth-order valence-corrected chi connectivity index (χ4v) is 2.78. The van der Waals surface area contributed by atoms with Crippen molar-refractivity contribution in [2.45, 2.75) is 31.6 Å². The molecule has 1 aromatic heterocycles. The summed E-state index contributed by atoms with van der Waals surface area (Å²) in [6, 6.07) is 0.229. The Bertz CT molecular complexity index is 477. The number of likely N-dealkylation sites (tertiary alicyclic amines) is 1. The molecule has 2 fully saturated rings. The van der Waals surface area contributed by atoms with Crippen molar-refractivity contribution in [2.75, 3.05) is 38.5 Å². The zero-order valence-electron chi connectivity index (χ0n) is 12.5. The number of rotatable bonds is 6. The smallest absolute Gasteiger partial charge is 0.322 e. The van der Waals surface area contributed by atoms with E-state index >= 15 is 0 Å². The molecular formula is C14H23N5O2. The van der Waals surface area contributed by atoms with Crippen LogP contribution in [-0.2, 0) is 4.79 Å². The van der Waals surface area contributed by atoms with Crippen molar-refractivity contribution in [3.63, 3.8) is 0 Å². The summed E-state index contributed by atoms with van der Waals surface area (Å²) in [5.74, 6) is 1.71. The molecule has 1 aliphatic heterocycles. The molecule has 1 aromatic rings. The van der Waals surface area contributed by atoms with Gasteiger partial charge in [0.1, 0.15) is 0 Å². The van der Waals surface area contributed by atoms with E-state index in [0.29, 0.717) is 18.4 Å². The highest BCUT2D eigenvalue weighted by Gasteiger charge is 2.29. The molecule has 2 N–H and O–H groups in total. The molecule has 0 unspecified atom stereocenters. The third-order valence-corrected chi connectivity index (χ3v) is 4.18. The number of carbonyl (C=O) groups excluding carboxylic acids is 1. The third-order valence-electron chi connectivity index (χ3n) is 4.18. The average Bonchev–Trinajstić information content (AvgIpc) is 3.22. The van der Waals surface area contributed by atoms with Gasteiger partial charge in [-0.25, -0.2) is 0 Å². The standard InChI is InChI=1S/C14H23N5O2/c1-15-8-10-4-6-19(7-5-10)9-12(20)16-14-18-17-13(21-14)11-2-3-11/h10-11,15H,2-9H2,1H3,(H,16,18,20). The first-order chi connectivity index (χ1) is 10.2. The summed E-state index contributed by atoms with van der Waals surface area (Å²) in [5, 5.41) is 13.7. The van der Waals surface area contributed by atoms with E-state index in [-0.39, 0.29) is 11.9 Å². The maximum absolute atomic E-state index is 12.0. The van der Waals surface area contributed by atoms with Gasteiger partial charge in [-0.2, -0.15) is 0 Å². The zero-order chi connectivity index (χ0) is 14.7. The average molecular weight is 293 g/mol. The highest BCUT2D eigenvalue weighted by Crippen LogP contribution is 2.39. The van der Waals surface area contributed by atoms with Crippen LogP contribution in [0.25, 0.3) is 0 Å². The molecule has 0 atom stereocenters. The first-order valence-corrected chi connectivity index (χ1v) is 7.75. The van der Waals surface area contributed by atoms with E-state index in [1.54, 1.807) is 0 Å². The second kappa shape index (κ2) is 6.53. The number of amides is 1. The lowest BCUT2D eigenvalue weighted by Gasteiger charge is -2.31. The van der Waals surface area contributed by atoms with Crippen LogP contribution in [0.2, 0.25) is 0 Å². The van der Waals surface area contributed by atoms with Gasteiger partial charge in [0.25, 0.3) is 0 Å². The van der Waals surface area contributed by atoms with E-state index < -0.39 is 0 Å². The molecule has 0 spiro atoms. The Morgan fingerprint density at radius 2 is 2.05 bits per heavy atom. The van der Waals surface area contributed by atoms with Gasteiger partial charge in [-0.15, -0.1) is 5.10 Å². The van der Waals surface area contributed by atoms with Crippen LogP contribution in [0.5, 0.6) is 0 Å². The lowest BCUT2D eigenvalue weighted by atomic mass is 9.97. The summed E-state index contributed by atoms with van der Waals surface area (Å²) < 4.78 is 5.44. The number of nitrogens with zero attached hydrogens (tertiary/aromatic N) is 3. The minimum atomic E-state index is -0.0759. The zero-order valence-corrected chi connectivity index (χ0v) is 12.5. The molecule has 1 amide bonds. The number of nitrogens with one attached hydrogen (secondary N) is 2. The number of carbonyl (C=O) groups is 1. The van der Waals surface area contributed by atoms with Gasteiger partial charge in [-0.1, -0.05) is 5.10 Å². The van der Waals surface area contributed by atoms with Crippen molar-refractivity contribution in [2.24, 2.45) is 5.92 Å².